The lowest BCUT2D eigenvalue weighted by Gasteiger charge is -2.24. The van der Waals surface area contributed by atoms with Gasteiger partial charge in [-0.05, 0) is 46.2 Å². The molecule has 208 valence electrons. The number of aromatic nitrogens is 2. The number of hydrogen-bond donors (Lipinski definition) is 0. The molecule has 0 saturated carbocycles. The number of furan rings is 1. The summed E-state index contributed by atoms with van der Waals surface area (Å²) in [6.07, 6.45) is 0. The van der Waals surface area contributed by atoms with E-state index in [1.807, 2.05) is 12.1 Å². The van der Waals surface area contributed by atoms with Crippen LogP contribution < -0.4 is 0 Å². The molecule has 0 fully saturated rings. The maximum atomic E-state index is 6.39. The average Bonchev–Trinajstić information content (AvgIpc) is 3.56. The van der Waals surface area contributed by atoms with Gasteiger partial charge in [-0.15, -0.1) is 0 Å². The standard InChI is InChI=1S/C41H28N2O/c1-41(2)34-24-27-15-7-6-14-26(27)23-33(34)38-36(41)37(25-12-4-3-5-13-25)42-40(43-38)29-17-10-16-28(22-29)30-19-11-20-32-31-18-8-9-21-35(31)44-39(30)32/h3-24H,1-2H3. The van der Waals surface area contributed by atoms with Gasteiger partial charge in [0.1, 0.15) is 11.2 Å². The van der Waals surface area contributed by atoms with E-state index >= 15 is 0 Å². The Balaban J connectivity index is 1.28. The fourth-order valence-electron chi connectivity index (χ4n) is 7.07. The highest BCUT2D eigenvalue weighted by Crippen LogP contribution is 2.52. The van der Waals surface area contributed by atoms with Gasteiger partial charge in [0.25, 0.3) is 0 Å². The third-order valence-electron chi connectivity index (χ3n) is 9.23. The van der Waals surface area contributed by atoms with E-state index in [1.54, 1.807) is 0 Å². The molecule has 3 heteroatoms. The number of para-hydroxylation sites is 2. The lowest BCUT2D eigenvalue weighted by molar-refractivity contribution is 0.658. The number of rotatable bonds is 3. The minimum Gasteiger partial charge on any atom is -0.455 e. The summed E-state index contributed by atoms with van der Waals surface area (Å²) >= 11 is 0. The van der Waals surface area contributed by atoms with Crippen LogP contribution in [0.4, 0.5) is 0 Å². The van der Waals surface area contributed by atoms with Crippen LogP contribution >= 0.6 is 0 Å². The molecule has 2 heterocycles. The van der Waals surface area contributed by atoms with E-state index in [9.17, 15) is 0 Å². The Labute approximate surface area is 255 Å². The highest BCUT2D eigenvalue weighted by atomic mass is 16.3. The second-order valence-electron chi connectivity index (χ2n) is 12.2. The van der Waals surface area contributed by atoms with Gasteiger partial charge < -0.3 is 4.42 Å². The molecular formula is C41H28N2O. The summed E-state index contributed by atoms with van der Waals surface area (Å²) in [4.78, 5) is 10.7. The molecule has 6 aromatic carbocycles. The van der Waals surface area contributed by atoms with Crippen molar-refractivity contribution in [3.05, 3.63) is 145 Å². The van der Waals surface area contributed by atoms with Crippen LogP contribution in [0.15, 0.2) is 138 Å². The predicted octanol–water partition coefficient (Wildman–Crippen LogP) is 10.8. The molecule has 0 aliphatic heterocycles. The molecule has 0 spiro atoms. The first-order valence-corrected chi connectivity index (χ1v) is 15.1. The Hall–Kier alpha value is -5.54. The van der Waals surface area contributed by atoms with Gasteiger partial charge in [0.05, 0.1) is 11.4 Å². The minimum atomic E-state index is -0.253. The van der Waals surface area contributed by atoms with Crippen molar-refractivity contribution in [1.82, 2.24) is 9.97 Å². The van der Waals surface area contributed by atoms with Crippen molar-refractivity contribution in [1.29, 1.82) is 0 Å². The fraction of sp³-hybridized carbons (Fsp3) is 0.0732. The molecule has 0 unspecified atom stereocenters. The molecule has 0 N–H and O–H groups in total. The normalized spacial score (nSPS) is 13.4. The van der Waals surface area contributed by atoms with Crippen LogP contribution in [-0.4, -0.2) is 9.97 Å². The molecule has 0 saturated heterocycles. The molecule has 3 nitrogen and oxygen atoms in total. The lowest BCUT2D eigenvalue weighted by atomic mass is 9.80. The second kappa shape index (κ2) is 9.23. The molecule has 1 aliphatic rings. The van der Waals surface area contributed by atoms with Gasteiger partial charge in [-0.3, -0.25) is 0 Å². The molecule has 9 rings (SSSR count). The van der Waals surface area contributed by atoms with Crippen LogP contribution in [0, 0.1) is 0 Å². The molecule has 44 heavy (non-hydrogen) atoms. The summed E-state index contributed by atoms with van der Waals surface area (Å²) in [6, 6.07) is 46.9. The molecule has 8 aromatic rings. The molecule has 1 aliphatic carbocycles. The largest absolute Gasteiger partial charge is 0.455 e. The molecule has 2 aromatic heterocycles. The zero-order valence-corrected chi connectivity index (χ0v) is 24.5. The van der Waals surface area contributed by atoms with E-state index in [4.69, 9.17) is 14.4 Å². The number of hydrogen-bond acceptors (Lipinski definition) is 3. The van der Waals surface area contributed by atoms with E-state index in [0.29, 0.717) is 0 Å². The van der Waals surface area contributed by atoms with Gasteiger partial charge >= 0.3 is 0 Å². The predicted molar refractivity (Wildman–Crippen MR) is 181 cm³/mol. The summed E-state index contributed by atoms with van der Waals surface area (Å²) in [7, 11) is 0. The van der Waals surface area contributed by atoms with Crippen LogP contribution in [0.2, 0.25) is 0 Å². The van der Waals surface area contributed by atoms with Crippen molar-refractivity contribution in [2.75, 3.05) is 0 Å². The van der Waals surface area contributed by atoms with Crippen molar-refractivity contribution in [3.63, 3.8) is 0 Å². The molecular weight excluding hydrogens is 536 g/mol. The van der Waals surface area contributed by atoms with Crippen LogP contribution in [0.3, 0.4) is 0 Å². The third kappa shape index (κ3) is 3.62. The van der Waals surface area contributed by atoms with Gasteiger partial charge in [0, 0.05) is 44.0 Å². The van der Waals surface area contributed by atoms with E-state index in [0.717, 1.165) is 61.4 Å². The lowest BCUT2D eigenvalue weighted by Crippen LogP contribution is -2.17. The van der Waals surface area contributed by atoms with Gasteiger partial charge in [-0.25, -0.2) is 9.97 Å². The molecule has 0 radical (unpaired) electrons. The number of benzene rings is 6. The maximum Gasteiger partial charge on any atom is 0.160 e. The van der Waals surface area contributed by atoms with Gasteiger partial charge in [-0.2, -0.15) is 0 Å². The first kappa shape index (κ1) is 25.0. The zero-order chi connectivity index (χ0) is 29.4. The SMILES string of the molecule is CC1(C)c2cc3ccccc3cc2-c2nc(-c3cccc(-c4cccc5c4oc4ccccc45)c3)nc(-c3ccccc3)c21. The van der Waals surface area contributed by atoms with Crippen molar-refractivity contribution in [3.8, 4) is 45.0 Å². The van der Waals surface area contributed by atoms with Crippen molar-refractivity contribution < 1.29 is 4.42 Å². The second-order valence-corrected chi connectivity index (χ2v) is 12.2. The van der Waals surface area contributed by atoms with Crippen molar-refractivity contribution in [2.24, 2.45) is 0 Å². The first-order chi connectivity index (χ1) is 21.6. The monoisotopic (exact) mass is 564 g/mol. The Morgan fingerprint density at radius 1 is 0.523 bits per heavy atom. The third-order valence-corrected chi connectivity index (χ3v) is 9.23. The summed E-state index contributed by atoms with van der Waals surface area (Å²) in [5.41, 5.74) is 11.4. The van der Waals surface area contributed by atoms with E-state index in [1.165, 1.54) is 27.5 Å². The maximum absolute atomic E-state index is 6.39. The number of fused-ring (bicyclic) bond motifs is 7. The van der Waals surface area contributed by atoms with E-state index in [2.05, 4.69) is 135 Å². The van der Waals surface area contributed by atoms with Gasteiger partial charge in [0.15, 0.2) is 5.82 Å². The molecule has 0 amide bonds. The fourth-order valence-corrected chi connectivity index (χ4v) is 7.07. The highest BCUT2D eigenvalue weighted by Gasteiger charge is 2.40. The zero-order valence-electron chi connectivity index (χ0n) is 24.5. The van der Waals surface area contributed by atoms with Crippen LogP contribution in [-0.2, 0) is 5.41 Å². The Morgan fingerprint density at radius 2 is 1.18 bits per heavy atom. The van der Waals surface area contributed by atoms with Crippen molar-refractivity contribution >= 4 is 32.7 Å². The average molecular weight is 565 g/mol. The number of nitrogens with zero attached hydrogens (tertiary/aromatic N) is 2. The topological polar surface area (TPSA) is 38.9 Å². The highest BCUT2D eigenvalue weighted by molar-refractivity contribution is 6.09. The van der Waals surface area contributed by atoms with Crippen LogP contribution in [0.25, 0.3) is 77.7 Å². The quantitative estimate of drug-likeness (QED) is 0.214. The summed E-state index contributed by atoms with van der Waals surface area (Å²) < 4.78 is 6.39. The molecule has 0 bridgehead atoms. The molecule has 0 atom stereocenters. The summed E-state index contributed by atoms with van der Waals surface area (Å²) in [5.74, 6) is 0.720. The first-order valence-electron chi connectivity index (χ1n) is 15.1. The summed E-state index contributed by atoms with van der Waals surface area (Å²) in [5, 5.41) is 4.71. The Bertz CT molecular complexity index is 2420. The smallest absolute Gasteiger partial charge is 0.160 e. The van der Waals surface area contributed by atoms with Crippen LogP contribution in [0.1, 0.15) is 25.0 Å². The van der Waals surface area contributed by atoms with Gasteiger partial charge in [0.2, 0.25) is 0 Å². The van der Waals surface area contributed by atoms with Crippen molar-refractivity contribution in [2.45, 2.75) is 19.3 Å². The minimum absolute atomic E-state index is 0.253. The Kier molecular flexibility index (Phi) is 5.24. The summed E-state index contributed by atoms with van der Waals surface area (Å²) in [6.45, 7) is 4.60. The van der Waals surface area contributed by atoms with Gasteiger partial charge in [-0.1, -0.05) is 123 Å². The van der Waals surface area contributed by atoms with E-state index < -0.39 is 0 Å². The van der Waals surface area contributed by atoms with Crippen LogP contribution in [0.5, 0.6) is 0 Å². The van der Waals surface area contributed by atoms with E-state index in [-0.39, 0.29) is 5.41 Å². The Morgan fingerprint density at radius 3 is 2.05 bits per heavy atom.